The van der Waals surface area contributed by atoms with Gasteiger partial charge in [0.2, 0.25) is 5.91 Å². The summed E-state index contributed by atoms with van der Waals surface area (Å²) in [7, 11) is 0. The van der Waals surface area contributed by atoms with Crippen molar-refractivity contribution >= 4 is 11.6 Å². The van der Waals surface area contributed by atoms with E-state index in [4.69, 9.17) is 4.74 Å². The molecule has 4 nitrogen and oxygen atoms in total. The number of amides is 1. The molecule has 0 bridgehead atoms. The minimum absolute atomic E-state index is 0.000234. The van der Waals surface area contributed by atoms with E-state index in [2.05, 4.69) is 10.2 Å². The van der Waals surface area contributed by atoms with Crippen molar-refractivity contribution in [3.63, 3.8) is 0 Å². The van der Waals surface area contributed by atoms with E-state index < -0.39 is 0 Å². The lowest BCUT2D eigenvalue weighted by Crippen LogP contribution is -2.40. The van der Waals surface area contributed by atoms with Crippen LogP contribution in [0.1, 0.15) is 37.8 Å². The van der Waals surface area contributed by atoms with Gasteiger partial charge in [-0.05, 0) is 50.6 Å². The molecule has 1 aliphatic rings. The first-order chi connectivity index (χ1) is 12.3. The fourth-order valence-corrected chi connectivity index (χ4v) is 3.39. The molecular weight excluding hydrogens is 312 g/mol. The Kier molecular flexibility index (Phi) is 6.07. The summed E-state index contributed by atoms with van der Waals surface area (Å²) < 4.78 is 5.64. The standard InChI is InChI=1S/C21H26N2O2/c1-2-25-19-14-8-7-13-18(19)22-21(24)20(17-11-5-3-6-12-17)23-15-9-4-10-16-23/h3,5-8,11-14,20H,2,4,9-10,15-16H2,1H3,(H,22,24)/t20-/m1/s1. The number of nitrogens with one attached hydrogen (secondary N) is 1. The number of anilines is 1. The highest BCUT2D eigenvalue weighted by Gasteiger charge is 2.29. The number of benzene rings is 2. The summed E-state index contributed by atoms with van der Waals surface area (Å²) in [6.45, 7) is 4.43. The number of carbonyl (C=O) groups excluding carboxylic acids is 1. The van der Waals surface area contributed by atoms with Gasteiger partial charge in [0.05, 0.1) is 12.3 Å². The minimum atomic E-state index is -0.267. The number of piperidine rings is 1. The summed E-state index contributed by atoms with van der Waals surface area (Å²) in [5, 5.41) is 3.09. The van der Waals surface area contributed by atoms with Crippen molar-refractivity contribution in [3.8, 4) is 5.75 Å². The molecule has 3 rings (SSSR count). The zero-order chi connectivity index (χ0) is 17.5. The van der Waals surface area contributed by atoms with Crippen LogP contribution in [0.3, 0.4) is 0 Å². The van der Waals surface area contributed by atoms with Gasteiger partial charge in [-0.15, -0.1) is 0 Å². The van der Waals surface area contributed by atoms with Gasteiger partial charge >= 0.3 is 0 Å². The highest BCUT2D eigenvalue weighted by atomic mass is 16.5. The summed E-state index contributed by atoms with van der Waals surface area (Å²) in [5.74, 6) is 0.712. The maximum Gasteiger partial charge on any atom is 0.246 e. The molecule has 1 N–H and O–H groups in total. The lowest BCUT2D eigenvalue weighted by Gasteiger charge is -2.34. The fourth-order valence-electron chi connectivity index (χ4n) is 3.39. The molecule has 25 heavy (non-hydrogen) atoms. The molecule has 2 aromatic rings. The molecule has 1 amide bonds. The topological polar surface area (TPSA) is 41.6 Å². The molecule has 132 valence electrons. The van der Waals surface area contributed by atoms with Crippen molar-refractivity contribution in [1.82, 2.24) is 4.90 Å². The van der Waals surface area contributed by atoms with E-state index in [0.29, 0.717) is 12.4 Å². The summed E-state index contributed by atoms with van der Waals surface area (Å²) in [5.41, 5.74) is 1.77. The van der Waals surface area contributed by atoms with Crippen molar-refractivity contribution in [2.75, 3.05) is 25.0 Å². The number of rotatable bonds is 6. The van der Waals surface area contributed by atoms with Crippen LogP contribution in [0, 0.1) is 0 Å². The van der Waals surface area contributed by atoms with Crippen LogP contribution in [0.15, 0.2) is 54.6 Å². The number of hydrogen-bond acceptors (Lipinski definition) is 3. The van der Waals surface area contributed by atoms with Crippen LogP contribution in [0.4, 0.5) is 5.69 Å². The zero-order valence-electron chi connectivity index (χ0n) is 14.8. The molecule has 1 fully saturated rings. The minimum Gasteiger partial charge on any atom is -0.492 e. The van der Waals surface area contributed by atoms with Crippen LogP contribution < -0.4 is 10.1 Å². The zero-order valence-corrected chi connectivity index (χ0v) is 14.8. The van der Waals surface area contributed by atoms with Crippen molar-refractivity contribution in [2.45, 2.75) is 32.2 Å². The Labute approximate surface area is 149 Å². The van der Waals surface area contributed by atoms with Gasteiger partial charge in [0, 0.05) is 0 Å². The Morgan fingerprint density at radius 1 is 1.04 bits per heavy atom. The van der Waals surface area contributed by atoms with Gasteiger partial charge in [-0.1, -0.05) is 48.9 Å². The number of hydrogen-bond donors (Lipinski definition) is 1. The fraction of sp³-hybridized carbons (Fsp3) is 0.381. The van der Waals surface area contributed by atoms with Crippen molar-refractivity contribution in [2.24, 2.45) is 0 Å². The predicted octanol–water partition coefficient (Wildman–Crippen LogP) is 4.25. The average Bonchev–Trinajstić information content (AvgIpc) is 2.65. The number of para-hydroxylation sites is 2. The van der Waals surface area contributed by atoms with E-state index in [9.17, 15) is 4.79 Å². The van der Waals surface area contributed by atoms with Crippen LogP contribution >= 0.6 is 0 Å². The molecule has 0 saturated carbocycles. The summed E-state index contributed by atoms with van der Waals surface area (Å²) >= 11 is 0. The number of carbonyl (C=O) groups is 1. The summed E-state index contributed by atoms with van der Waals surface area (Å²) in [6, 6.07) is 17.4. The molecule has 0 aliphatic carbocycles. The molecule has 0 spiro atoms. The van der Waals surface area contributed by atoms with E-state index in [0.717, 1.165) is 37.2 Å². The Morgan fingerprint density at radius 2 is 1.72 bits per heavy atom. The Bertz CT molecular complexity index is 681. The van der Waals surface area contributed by atoms with Gasteiger partial charge in [-0.3, -0.25) is 9.69 Å². The van der Waals surface area contributed by atoms with Crippen LogP contribution in [0.5, 0.6) is 5.75 Å². The summed E-state index contributed by atoms with van der Waals surface area (Å²) in [6.07, 6.45) is 3.53. The lowest BCUT2D eigenvalue weighted by molar-refractivity contribution is -0.122. The highest BCUT2D eigenvalue weighted by molar-refractivity contribution is 5.96. The van der Waals surface area contributed by atoms with Crippen LogP contribution in [0.25, 0.3) is 0 Å². The largest absolute Gasteiger partial charge is 0.492 e. The van der Waals surface area contributed by atoms with Crippen molar-refractivity contribution < 1.29 is 9.53 Å². The third-order valence-corrected chi connectivity index (χ3v) is 4.56. The SMILES string of the molecule is CCOc1ccccc1NC(=O)[C@@H](c1ccccc1)N1CCCCC1. The Hall–Kier alpha value is -2.33. The first-order valence-electron chi connectivity index (χ1n) is 9.11. The van der Waals surface area contributed by atoms with E-state index in [-0.39, 0.29) is 11.9 Å². The number of ether oxygens (including phenoxy) is 1. The average molecular weight is 338 g/mol. The highest BCUT2D eigenvalue weighted by Crippen LogP contribution is 2.29. The van der Waals surface area contributed by atoms with Crippen LogP contribution in [0.2, 0.25) is 0 Å². The van der Waals surface area contributed by atoms with E-state index in [1.807, 2.05) is 61.5 Å². The first-order valence-corrected chi connectivity index (χ1v) is 9.11. The van der Waals surface area contributed by atoms with Crippen molar-refractivity contribution in [3.05, 3.63) is 60.2 Å². The van der Waals surface area contributed by atoms with E-state index in [1.165, 1.54) is 6.42 Å². The van der Waals surface area contributed by atoms with Gasteiger partial charge in [-0.25, -0.2) is 0 Å². The number of nitrogens with zero attached hydrogens (tertiary/aromatic N) is 1. The molecule has 1 heterocycles. The quantitative estimate of drug-likeness (QED) is 0.856. The Balaban J connectivity index is 1.84. The molecule has 1 saturated heterocycles. The number of likely N-dealkylation sites (tertiary alicyclic amines) is 1. The molecule has 4 heteroatoms. The molecule has 1 atom stereocenters. The van der Waals surface area contributed by atoms with Gasteiger partial charge in [-0.2, -0.15) is 0 Å². The molecule has 1 aliphatic heterocycles. The molecule has 0 aromatic heterocycles. The van der Waals surface area contributed by atoms with E-state index in [1.54, 1.807) is 0 Å². The second-order valence-electron chi connectivity index (χ2n) is 6.33. The predicted molar refractivity (Wildman–Crippen MR) is 101 cm³/mol. The third-order valence-electron chi connectivity index (χ3n) is 4.56. The van der Waals surface area contributed by atoms with E-state index >= 15 is 0 Å². The lowest BCUT2D eigenvalue weighted by atomic mass is 10.0. The molecular formula is C21H26N2O2. The second-order valence-corrected chi connectivity index (χ2v) is 6.33. The van der Waals surface area contributed by atoms with Gasteiger partial charge in [0.25, 0.3) is 0 Å². The third kappa shape index (κ3) is 4.40. The molecule has 0 unspecified atom stereocenters. The van der Waals surface area contributed by atoms with Gasteiger partial charge < -0.3 is 10.1 Å². The maximum atomic E-state index is 13.2. The monoisotopic (exact) mass is 338 g/mol. The summed E-state index contributed by atoms with van der Waals surface area (Å²) in [4.78, 5) is 15.4. The van der Waals surface area contributed by atoms with Crippen molar-refractivity contribution in [1.29, 1.82) is 0 Å². The molecule has 2 aromatic carbocycles. The van der Waals surface area contributed by atoms with Crippen LogP contribution in [-0.2, 0) is 4.79 Å². The van der Waals surface area contributed by atoms with Gasteiger partial charge in [0.1, 0.15) is 11.8 Å². The first kappa shape index (κ1) is 17.5. The molecule has 0 radical (unpaired) electrons. The normalized spacial score (nSPS) is 16.2. The van der Waals surface area contributed by atoms with Crippen LogP contribution in [-0.4, -0.2) is 30.5 Å². The second kappa shape index (κ2) is 8.67. The smallest absolute Gasteiger partial charge is 0.246 e. The maximum absolute atomic E-state index is 13.2. The Morgan fingerprint density at radius 3 is 2.44 bits per heavy atom. The van der Waals surface area contributed by atoms with Gasteiger partial charge in [0.15, 0.2) is 0 Å².